The summed E-state index contributed by atoms with van der Waals surface area (Å²) >= 11 is 6.78. The Hall–Kier alpha value is -0.687. The van der Waals surface area contributed by atoms with Crippen molar-refractivity contribution in [1.82, 2.24) is 0 Å². The second-order valence-corrected chi connectivity index (χ2v) is 17.8. The molecule has 6 heteroatoms. The molecular formula is C36H23Br2I2PZr. The molecule has 0 radical (unpaired) electrons. The zero-order valence-electron chi connectivity index (χ0n) is 22.2. The molecule has 6 bridgehead atoms. The van der Waals surface area contributed by atoms with Crippen LogP contribution in [0.5, 0.6) is 0 Å². The first kappa shape index (κ1) is 31.3. The second-order valence-electron chi connectivity index (χ2n) is 10.5. The fourth-order valence-electron chi connectivity index (χ4n) is 6.56. The maximum absolute atomic E-state index is 4.01. The Morgan fingerprint density at radius 2 is 1.12 bits per heavy atom. The fourth-order valence-corrected chi connectivity index (χ4v) is 14.3. The zero-order chi connectivity index (χ0) is 26.8. The van der Waals surface area contributed by atoms with Crippen molar-refractivity contribution in [2.45, 2.75) is 11.8 Å². The maximum atomic E-state index is 4.01. The number of hydrogen-bond acceptors (Lipinski definition) is 0. The van der Waals surface area contributed by atoms with Crippen LogP contribution in [0.15, 0.2) is 131 Å². The summed E-state index contributed by atoms with van der Waals surface area (Å²) in [7, 11) is -0.630. The van der Waals surface area contributed by atoms with Gasteiger partial charge in [0.2, 0.25) is 0 Å². The Balaban J connectivity index is 0.00000158. The minimum Gasteiger partial charge on any atom is -1.00 e. The van der Waals surface area contributed by atoms with Gasteiger partial charge in [-0.25, -0.2) is 0 Å². The van der Waals surface area contributed by atoms with E-state index in [0.717, 1.165) is 0 Å². The van der Waals surface area contributed by atoms with Crippen LogP contribution >= 0.6 is 39.8 Å². The third-order valence-electron chi connectivity index (χ3n) is 8.27. The molecule has 2 heterocycles. The van der Waals surface area contributed by atoms with E-state index in [9.17, 15) is 0 Å². The standard InChI is InChI=1S/C21H13BrP.C15H10Br.2HI.Zr/c22-19-12-13-20-18-11-10-17(21(18)19)14-6-8-16(9-7-14)23(20)15-4-2-1-3-5-15;16-14-8-4-7-12-9-10-13(15(12)14)11-5-2-1-3-6-11;;;/h1-9,11-13,17H;1-9,13H;2*1H;/q;;;;+2/p-2. The van der Waals surface area contributed by atoms with Crippen LogP contribution in [0.25, 0.3) is 12.2 Å². The van der Waals surface area contributed by atoms with Crippen molar-refractivity contribution in [3.63, 3.8) is 0 Å². The summed E-state index contributed by atoms with van der Waals surface area (Å²) in [5.41, 5.74) is 8.54. The molecule has 0 saturated heterocycles. The molecule has 0 N–H and O–H groups in total. The molecular weight excluding hydrogens is 968 g/mol. The van der Waals surface area contributed by atoms with E-state index in [2.05, 4.69) is 159 Å². The summed E-state index contributed by atoms with van der Waals surface area (Å²) in [4.78, 5) is 0. The monoisotopic (exact) mass is 988 g/mol. The summed E-state index contributed by atoms with van der Waals surface area (Å²) in [6.07, 6.45) is 5.13. The molecule has 0 aromatic heterocycles. The molecule has 3 atom stereocenters. The van der Waals surface area contributed by atoms with Crippen LogP contribution in [0, 0.1) is 0 Å². The van der Waals surface area contributed by atoms with Gasteiger partial charge >= 0.3 is 267 Å². The van der Waals surface area contributed by atoms with E-state index in [4.69, 9.17) is 0 Å². The minimum absolute atomic E-state index is 0. The van der Waals surface area contributed by atoms with Gasteiger partial charge in [0.1, 0.15) is 0 Å². The van der Waals surface area contributed by atoms with E-state index in [1.807, 2.05) is 0 Å². The Labute approximate surface area is 311 Å². The molecule has 204 valence electrons. The van der Waals surface area contributed by atoms with Crippen molar-refractivity contribution in [3.8, 4) is 0 Å². The number of rotatable bonds is 4. The Morgan fingerprint density at radius 1 is 0.524 bits per heavy atom. The van der Waals surface area contributed by atoms with Crippen molar-refractivity contribution in [1.29, 1.82) is 0 Å². The molecule has 0 amide bonds. The van der Waals surface area contributed by atoms with Crippen molar-refractivity contribution in [3.05, 3.63) is 164 Å². The van der Waals surface area contributed by atoms with Crippen LogP contribution < -0.4 is 63.9 Å². The molecule has 0 fully saturated rings. The number of fused-ring (bicyclic) bond motifs is 3. The molecule has 42 heavy (non-hydrogen) atoms. The molecule has 9 rings (SSSR count). The van der Waals surface area contributed by atoms with Crippen LogP contribution in [0.3, 0.4) is 0 Å². The van der Waals surface area contributed by atoms with Crippen LogP contribution in [0.2, 0.25) is 0 Å². The molecule has 4 aliphatic rings. The Morgan fingerprint density at radius 3 is 1.86 bits per heavy atom. The van der Waals surface area contributed by atoms with Gasteiger partial charge in [-0.15, -0.1) is 0 Å². The summed E-state index contributed by atoms with van der Waals surface area (Å²) < 4.78 is 5.74. The van der Waals surface area contributed by atoms with E-state index in [1.165, 1.54) is 58.2 Å². The van der Waals surface area contributed by atoms with E-state index in [-0.39, 0.29) is 48.0 Å². The summed E-state index contributed by atoms with van der Waals surface area (Å²) in [5.74, 6) is 0.642. The minimum atomic E-state index is -1.15. The first-order valence-corrected chi connectivity index (χ1v) is 18.9. The predicted molar refractivity (Wildman–Crippen MR) is 173 cm³/mol. The van der Waals surface area contributed by atoms with Crippen LogP contribution in [-0.4, -0.2) is 0 Å². The maximum Gasteiger partial charge on any atom is -1.00 e. The SMILES string of the molecule is Brc1cccc2c1C(c1ccccc1)[C]([Zr+2][C]1=Cc3c4ccc(Br)c3C1c1ccc(cc1)P4c1ccccc1)=C2.[I-].[I-]. The average Bonchev–Trinajstić information content (AvgIpc) is 3.57. The number of hydrogen-bond donors (Lipinski definition) is 0. The normalized spacial score (nSPS) is 18.8. The molecule has 2 aliphatic heterocycles. The van der Waals surface area contributed by atoms with E-state index in [0.29, 0.717) is 11.8 Å². The number of halogens is 4. The van der Waals surface area contributed by atoms with Crippen molar-refractivity contribution >= 4 is 67.8 Å². The second kappa shape index (κ2) is 13.0. The van der Waals surface area contributed by atoms with Gasteiger partial charge in [-0.2, -0.15) is 0 Å². The van der Waals surface area contributed by atoms with Crippen molar-refractivity contribution < 1.29 is 71.2 Å². The number of allylic oxidation sites excluding steroid dienone is 2. The third kappa shape index (κ3) is 5.30. The summed E-state index contributed by atoms with van der Waals surface area (Å²) in [5, 5.41) is 4.33. The molecule has 5 aromatic rings. The molecule has 2 aliphatic carbocycles. The molecule has 5 aromatic carbocycles. The zero-order valence-corrected chi connectivity index (χ0v) is 33.1. The van der Waals surface area contributed by atoms with Gasteiger partial charge in [-0.1, -0.05) is 0 Å². The van der Waals surface area contributed by atoms with Gasteiger partial charge in [-0.05, 0) is 0 Å². The van der Waals surface area contributed by atoms with Gasteiger partial charge in [-0.3, -0.25) is 0 Å². The molecule has 0 saturated carbocycles. The fraction of sp³-hybridized carbons (Fsp3) is 0.0556. The predicted octanol–water partition coefficient (Wildman–Crippen LogP) is 3.05. The Bertz CT molecular complexity index is 1850. The first-order chi connectivity index (χ1) is 19.7. The van der Waals surface area contributed by atoms with Gasteiger partial charge in [0.25, 0.3) is 0 Å². The number of benzene rings is 5. The van der Waals surface area contributed by atoms with Gasteiger partial charge in [0.05, 0.1) is 0 Å². The Kier molecular flexibility index (Phi) is 9.67. The van der Waals surface area contributed by atoms with Crippen LogP contribution in [-0.2, 0) is 23.2 Å². The van der Waals surface area contributed by atoms with Crippen molar-refractivity contribution in [2.24, 2.45) is 0 Å². The average molecular weight is 991 g/mol. The summed E-state index contributed by atoms with van der Waals surface area (Å²) in [6, 6.07) is 43.2. The van der Waals surface area contributed by atoms with E-state index >= 15 is 0 Å². The van der Waals surface area contributed by atoms with Crippen LogP contribution in [0.1, 0.15) is 45.2 Å². The molecule has 3 unspecified atom stereocenters. The molecule has 0 spiro atoms. The largest absolute Gasteiger partial charge is 1.00 e. The van der Waals surface area contributed by atoms with Crippen LogP contribution in [0.4, 0.5) is 0 Å². The van der Waals surface area contributed by atoms with E-state index < -0.39 is 31.2 Å². The van der Waals surface area contributed by atoms with Gasteiger partial charge in [0, 0.05) is 0 Å². The van der Waals surface area contributed by atoms with Gasteiger partial charge < -0.3 is 48.0 Å². The summed E-state index contributed by atoms with van der Waals surface area (Å²) in [6.45, 7) is 0. The first-order valence-electron chi connectivity index (χ1n) is 13.5. The smallest absolute Gasteiger partial charge is 1.00 e. The quantitative estimate of drug-likeness (QED) is 0.192. The van der Waals surface area contributed by atoms with E-state index in [1.54, 1.807) is 6.56 Å². The van der Waals surface area contributed by atoms with Gasteiger partial charge in [0.15, 0.2) is 0 Å². The topological polar surface area (TPSA) is 0 Å². The molecule has 0 nitrogen and oxygen atoms in total. The third-order valence-corrected chi connectivity index (χ3v) is 15.7. The van der Waals surface area contributed by atoms with Crippen molar-refractivity contribution in [2.75, 3.05) is 0 Å².